The molecular weight excluding hydrogens is 572 g/mol. The molecule has 0 heterocycles. The quantitative estimate of drug-likeness (QED) is 0.136. The molecule has 10 heteroatoms. The molecule has 0 saturated heterocycles. The standard InChI is InChI=1S/C35H44N4O6/c1-23(2)18-30(34(43)37-29(32(36)41)21-26-16-10-5-11-17-26)38-33(42)27(19-24-12-6-3-7-13-24)22-31(40)28(39-35(44)45)20-25-14-8-4-9-15-25/h3-17,23,27-31,39-40H,18-22H2,1-2H3,(H2,36,41)(H,37,43)(H,38,42)(H,44,45)/t27-,28+,29?,30?,31-/m1/s1. The van der Waals surface area contributed by atoms with Gasteiger partial charge in [0.05, 0.1) is 12.1 Å². The van der Waals surface area contributed by atoms with Crippen LogP contribution in [0.2, 0.25) is 0 Å². The second-order valence-corrected chi connectivity index (χ2v) is 11.8. The maximum Gasteiger partial charge on any atom is 0.404 e. The van der Waals surface area contributed by atoms with Crippen LogP contribution in [0, 0.1) is 11.8 Å². The van der Waals surface area contributed by atoms with Crippen molar-refractivity contribution in [2.45, 2.75) is 70.2 Å². The number of nitrogens with two attached hydrogens (primary N) is 1. The Bertz CT molecular complexity index is 1370. The highest BCUT2D eigenvalue weighted by Gasteiger charge is 2.32. The van der Waals surface area contributed by atoms with E-state index in [0.29, 0.717) is 6.42 Å². The SMILES string of the molecule is CC(C)CC(NC(=O)[C@H](Cc1ccccc1)C[C@@H](O)[C@H](Cc1ccccc1)NC(=O)O)C(=O)NC(Cc1ccccc1)C(N)=O. The second-order valence-electron chi connectivity index (χ2n) is 11.8. The number of hydrogen-bond donors (Lipinski definition) is 6. The lowest BCUT2D eigenvalue weighted by Gasteiger charge is -2.29. The van der Waals surface area contributed by atoms with Gasteiger partial charge in [-0.25, -0.2) is 4.79 Å². The number of primary amides is 1. The summed E-state index contributed by atoms with van der Waals surface area (Å²) >= 11 is 0. The predicted octanol–water partition coefficient (Wildman–Crippen LogP) is 3.22. The van der Waals surface area contributed by atoms with Gasteiger partial charge in [-0.1, -0.05) is 105 Å². The topological polar surface area (TPSA) is 171 Å². The van der Waals surface area contributed by atoms with Crippen LogP contribution in [0.1, 0.15) is 43.4 Å². The van der Waals surface area contributed by atoms with Crippen LogP contribution in [0.15, 0.2) is 91.0 Å². The lowest BCUT2D eigenvalue weighted by atomic mass is 9.88. The van der Waals surface area contributed by atoms with Gasteiger partial charge in [-0.05, 0) is 48.3 Å². The van der Waals surface area contributed by atoms with E-state index in [4.69, 9.17) is 5.73 Å². The molecule has 0 saturated carbocycles. The van der Waals surface area contributed by atoms with Crippen LogP contribution in [0.25, 0.3) is 0 Å². The van der Waals surface area contributed by atoms with Gasteiger partial charge < -0.3 is 31.9 Å². The van der Waals surface area contributed by atoms with E-state index in [1.54, 1.807) is 0 Å². The summed E-state index contributed by atoms with van der Waals surface area (Å²) in [6.07, 6.45) is -1.58. The highest BCUT2D eigenvalue weighted by atomic mass is 16.4. The van der Waals surface area contributed by atoms with Crippen molar-refractivity contribution in [3.05, 3.63) is 108 Å². The molecule has 7 N–H and O–H groups in total. The first-order valence-corrected chi connectivity index (χ1v) is 15.2. The van der Waals surface area contributed by atoms with E-state index in [1.807, 2.05) is 105 Å². The Morgan fingerprint density at radius 1 is 0.644 bits per heavy atom. The van der Waals surface area contributed by atoms with E-state index < -0.39 is 54.0 Å². The van der Waals surface area contributed by atoms with Gasteiger partial charge in [-0.2, -0.15) is 0 Å². The molecule has 45 heavy (non-hydrogen) atoms. The van der Waals surface area contributed by atoms with Crippen LogP contribution in [0.5, 0.6) is 0 Å². The van der Waals surface area contributed by atoms with Gasteiger partial charge in [0.1, 0.15) is 12.1 Å². The van der Waals surface area contributed by atoms with E-state index >= 15 is 0 Å². The van der Waals surface area contributed by atoms with Gasteiger partial charge in [0, 0.05) is 12.3 Å². The molecule has 0 aliphatic heterocycles. The number of aliphatic hydroxyl groups excluding tert-OH is 1. The number of carbonyl (C=O) groups is 4. The third-order valence-electron chi connectivity index (χ3n) is 7.58. The molecule has 2 unspecified atom stereocenters. The predicted molar refractivity (Wildman–Crippen MR) is 172 cm³/mol. The van der Waals surface area contributed by atoms with Crippen molar-refractivity contribution in [2.75, 3.05) is 0 Å². The minimum Gasteiger partial charge on any atom is -0.465 e. The zero-order valence-corrected chi connectivity index (χ0v) is 25.8. The molecule has 3 aromatic carbocycles. The molecule has 0 aliphatic rings. The van der Waals surface area contributed by atoms with Crippen molar-refractivity contribution < 1.29 is 29.4 Å². The van der Waals surface area contributed by atoms with Crippen LogP contribution in [-0.2, 0) is 33.6 Å². The maximum atomic E-state index is 13.9. The molecule has 0 aliphatic carbocycles. The number of nitrogens with one attached hydrogen (secondary N) is 3. The van der Waals surface area contributed by atoms with Crippen molar-refractivity contribution in [1.29, 1.82) is 0 Å². The first kappa shape index (κ1) is 34.8. The first-order valence-electron chi connectivity index (χ1n) is 15.2. The van der Waals surface area contributed by atoms with E-state index in [0.717, 1.165) is 16.7 Å². The van der Waals surface area contributed by atoms with E-state index in [2.05, 4.69) is 16.0 Å². The smallest absolute Gasteiger partial charge is 0.404 e. The molecule has 3 aromatic rings. The zero-order valence-electron chi connectivity index (χ0n) is 25.8. The Balaban J connectivity index is 1.81. The number of amides is 4. The fourth-order valence-electron chi connectivity index (χ4n) is 5.28. The van der Waals surface area contributed by atoms with Crippen molar-refractivity contribution in [2.24, 2.45) is 17.6 Å². The van der Waals surface area contributed by atoms with Gasteiger partial charge in [0.2, 0.25) is 17.7 Å². The Hall–Kier alpha value is -4.70. The van der Waals surface area contributed by atoms with Crippen molar-refractivity contribution in [3.8, 4) is 0 Å². The van der Waals surface area contributed by atoms with Crippen molar-refractivity contribution in [3.63, 3.8) is 0 Å². The number of carboxylic acid groups (broad SMARTS) is 1. The highest BCUT2D eigenvalue weighted by Crippen LogP contribution is 2.20. The Kier molecular flexibility index (Phi) is 13.6. The van der Waals surface area contributed by atoms with Crippen LogP contribution in [0.4, 0.5) is 4.79 Å². The van der Waals surface area contributed by atoms with E-state index in [9.17, 15) is 29.4 Å². The molecule has 0 aromatic heterocycles. The van der Waals surface area contributed by atoms with Gasteiger partial charge in [0.15, 0.2) is 0 Å². The molecule has 0 radical (unpaired) electrons. The van der Waals surface area contributed by atoms with Crippen LogP contribution in [0.3, 0.4) is 0 Å². The zero-order chi connectivity index (χ0) is 32.8. The minimum absolute atomic E-state index is 0.0235. The van der Waals surface area contributed by atoms with Gasteiger partial charge in [-0.15, -0.1) is 0 Å². The summed E-state index contributed by atoms with van der Waals surface area (Å²) < 4.78 is 0. The minimum atomic E-state index is -1.28. The van der Waals surface area contributed by atoms with Crippen molar-refractivity contribution in [1.82, 2.24) is 16.0 Å². The van der Waals surface area contributed by atoms with Gasteiger partial charge >= 0.3 is 6.09 Å². The molecule has 3 rings (SSSR count). The third kappa shape index (κ3) is 12.1. The van der Waals surface area contributed by atoms with Crippen LogP contribution in [-0.4, -0.2) is 58.3 Å². The summed E-state index contributed by atoms with van der Waals surface area (Å²) in [5.74, 6) is -2.47. The second kappa shape index (κ2) is 17.6. The fourth-order valence-corrected chi connectivity index (χ4v) is 5.28. The fraction of sp³-hybridized carbons (Fsp3) is 0.371. The third-order valence-corrected chi connectivity index (χ3v) is 7.58. The lowest BCUT2D eigenvalue weighted by Crippen LogP contribution is -2.55. The van der Waals surface area contributed by atoms with Gasteiger partial charge in [-0.3, -0.25) is 14.4 Å². The number of carbonyl (C=O) groups excluding carboxylic acids is 3. The van der Waals surface area contributed by atoms with E-state index in [1.165, 1.54) is 0 Å². The molecule has 4 amide bonds. The maximum absolute atomic E-state index is 13.9. The first-order chi connectivity index (χ1) is 21.5. The van der Waals surface area contributed by atoms with Crippen LogP contribution >= 0.6 is 0 Å². The van der Waals surface area contributed by atoms with Crippen LogP contribution < -0.4 is 21.7 Å². The molecule has 0 spiro atoms. The molecular formula is C35H44N4O6. The normalized spacial score (nSPS) is 14.4. The summed E-state index contributed by atoms with van der Waals surface area (Å²) in [5.41, 5.74) is 8.12. The molecule has 0 bridgehead atoms. The summed E-state index contributed by atoms with van der Waals surface area (Å²) in [7, 11) is 0. The molecule has 10 nitrogen and oxygen atoms in total. The Morgan fingerprint density at radius 2 is 1.11 bits per heavy atom. The van der Waals surface area contributed by atoms with Crippen molar-refractivity contribution >= 4 is 23.8 Å². The summed E-state index contributed by atoms with van der Waals surface area (Å²) in [6, 6.07) is 24.8. The average molecular weight is 617 g/mol. The largest absolute Gasteiger partial charge is 0.465 e. The van der Waals surface area contributed by atoms with E-state index in [-0.39, 0.29) is 31.6 Å². The molecule has 5 atom stereocenters. The Labute approximate surface area is 264 Å². The monoisotopic (exact) mass is 616 g/mol. The summed E-state index contributed by atoms with van der Waals surface area (Å²) in [5, 5.41) is 28.7. The number of aliphatic hydroxyl groups is 1. The summed E-state index contributed by atoms with van der Waals surface area (Å²) in [4.78, 5) is 51.2. The number of hydrogen-bond acceptors (Lipinski definition) is 5. The highest BCUT2D eigenvalue weighted by molar-refractivity contribution is 5.92. The summed E-state index contributed by atoms with van der Waals surface area (Å²) in [6.45, 7) is 3.83. The van der Waals surface area contributed by atoms with Gasteiger partial charge in [0.25, 0.3) is 0 Å². The number of benzene rings is 3. The average Bonchev–Trinajstić information content (AvgIpc) is 3.00. The number of rotatable bonds is 17. The molecule has 0 fully saturated rings. The lowest BCUT2D eigenvalue weighted by molar-refractivity contribution is -0.133. The Morgan fingerprint density at radius 3 is 1.58 bits per heavy atom. The molecule has 240 valence electrons.